The van der Waals surface area contributed by atoms with E-state index in [1.165, 1.54) is 19.3 Å². The van der Waals surface area contributed by atoms with E-state index >= 15 is 0 Å². The number of amides is 1. The van der Waals surface area contributed by atoms with Gasteiger partial charge in [-0.25, -0.2) is 0 Å². The number of rotatable bonds is 6. The molecule has 0 heterocycles. The van der Waals surface area contributed by atoms with Gasteiger partial charge in [-0.2, -0.15) is 13.2 Å². The maximum Gasteiger partial charge on any atom is 0.416 e. The topological polar surface area (TPSA) is 47.6 Å². The highest BCUT2D eigenvalue weighted by atomic mass is 35.5. The summed E-state index contributed by atoms with van der Waals surface area (Å²) < 4.78 is 48.9. The van der Waals surface area contributed by atoms with Crippen LogP contribution >= 0.6 is 11.6 Å². The third-order valence-electron chi connectivity index (χ3n) is 3.47. The predicted octanol–water partition coefficient (Wildman–Crippen LogP) is 5.42. The van der Waals surface area contributed by atoms with E-state index in [1.54, 1.807) is 18.2 Å². The van der Waals surface area contributed by atoms with Crippen molar-refractivity contribution in [3.8, 4) is 11.5 Å². The molecule has 0 unspecified atom stereocenters. The Bertz CT molecular complexity index is 851. The number of carbonyl (C=O) groups is 1. The molecule has 0 bridgehead atoms. The number of benzene rings is 2. The van der Waals surface area contributed by atoms with Gasteiger partial charge in [0.15, 0.2) is 11.5 Å². The SMILES string of the molecule is CCOc1ccc(/C=C/C(=O)Nc2cc(C(F)(F)F)ccc2Cl)cc1OC. The second kappa shape index (κ2) is 8.81. The number of hydrogen-bond acceptors (Lipinski definition) is 3. The molecule has 0 aromatic heterocycles. The third-order valence-corrected chi connectivity index (χ3v) is 3.80. The summed E-state index contributed by atoms with van der Waals surface area (Å²) in [5, 5.41) is 2.35. The van der Waals surface area contributed by atoms with Gasteiger partial charge in [0.25, 0.3) is 0 Å². The van der Waals surface area contributed by atoms with Crippen LogP contribution in [0.3, 0.4) is 0 Å². The second-order valence-corrected chi connectivity index (χ2v) is 5.77. The van der Waals surface area contributed by atoms with Crippen molar-refractivity contribution in [2.45, 2.75) is 13.1 Å². The highest BCUT2D eigenvalue weighted by Gasteiger charge is 2.31. The molecule has 0 aliphatic carbocycles. The van der Waals surface area contributed by atoms with Gasteiger partial charge in [-0.1, -0.05) is 17.7 Å². The van der Waals surface area contributed by atoms with Crippen LogP contribution in [-0.2, 0) is 11.0 Å². The van der Waals surface area contributed by atoms with Crippen molar-refractivity contribution in [1.82, 2.24) is 0 Å². The Morgan fingerprint density at radius 2 is 1.93 bits per heavy atom. The largest absolute Gasteiger partial charge is 0.493 e. The van der Waals surface area contributed by atoms with Gasteiger partial charge >= 0.3 is 6.18 Å². The number of ether oxygens (including phenoxy) is 2. The van der Waals surface area contributed by atoms with Gasteiger partial charge in [0.2, 0.25) is 5.91 Å². The molecule has 0 spiro atoms. The Morgan fingerprint density at radius 3 is 2.56 bits per heavy atom. The lowest BCUT2D eigenvalue weighted by atomic mass is 10.1. The van der Waals surface area contributed by atoms with Crippen LogP contribution in [0.25, 0.3) is 6.08 Å². The minimum atomic E-state index is -4.53. The number of halogens is 4. The fraction of sp³-hybridized carbons (Fsp3) is 0.211. The Hall–Kier alpha value is -2.67. The van der Waals surface area contributed by atoms with E-state index in [0.29, 0.717) is 23.7 Å². The number of carbonyl (C=O) groups excluding carboxylic acids is 1. The average molecular weight is 400 g/mol. The minimum absolute atomic E-state index is 0.00693. The average Bonchev–Trinajstić information content (AvgIpc) is 2.62. The zero-order valence-electron chi connectivity index (χ0n) is 14.6. The predicted molar refractivity (Wildman–Crippen MR) is 98.3 cm³/mol. The summed E-state index contributed by atoms with van der Waals surface area (Å²) in [4.78, 5) is 12.0. The van der Waals surface area contributed by atoms with Gasteiger partial charge in [-0.05, 0) is 48.9 Å². The molecule has 1 N–H and O–H groups in total. The first-order valence-corrected chi connectivity index (χ1v) is 8.29. The van der Waals surface area contributed by atoms with E-state index in [-0.39, 0.29) is 10.7 Å². The van der Waals surface area contributed by atoms with Crippen molar-refractivity contribution in [3.05, 3.63) is 58.6 Å². The first kappa shape index (κ1) is 20.6. The molecule has 0 radical (unpaired) electrons. The van der Waals surface area contributed by atoms with Crippen LogP contribution < -0.4 is 14.8 Å². The summed E-state index contributed by atoms with van der Waals surface area (Å²) in [6.45, 7) is 2.32. The molecule has 27 heavy (non-hydrogen) atoms. The highest BCUT2D eigenvalue weighted by molar-refractivity contribution is 6.33. The maximum atomic E-state index is 12.8. The Morgan fingerprint density at radius 1 is 1.19 bits per heavy atom. The first-order chi connectivity index (χ1) is 12.7. The number of hydrogen-bond donors (Lipinski definition) is 1. The van der Waals surface area contributed by atoms with Crippen LogP contribution in [0.2, 0.25) is 5.02 Å². The molecular weight excluding hydrogens is 383 g/mol. The monoisotopic (exact) mass is 399 g/mol. The summed E-state index contributed by atoms with van der Waals surface area (Å²) in [7, 11) is 1.49. The van der Waals surface area contributed by atoms with Gasteiger partial charge in [0.1, 0.15) is 0 Å². The lowest BCUT2D eigenvalue weighted by Gasteiger charge is -2.11. The number of anilines is 1. The molecule has 2 aromatic rings. The van der Waals surface area contributed by atoms with Crippen LogP contribution in [0.4, 0.5) is 18.9 Å². The highest BCUT2D eigenvalue weighted by Crippen LogP contribution is 2.34. The van der Waals surface area contributed by atoms with Gasteiger partial charge in [-0.3, -0.25) is 4.79 Å². The zero-order chi connectivity index (χ0) is 20.0. The van der Waals surface area contributed by atoms with Gasteiger partial charge in [-0.15, -0.1) is 0 Å². The zero-order valence-corrected chi connectivity index (χ0v) is 15.3. The van der Waals surface area contributed by atoms with Gasteiger partial charge < -0.3 is 14.8 Å². The van der Waals surface area contributed by atoms with E-state index in [0.717, 1.165) is 18.2 Å². The molecule has 4 nitrogen and oxygen atoms in total. The number of methoxy groups -OCH3 is 1. The second-order valence-electron chi connectivity index (χ2n) is 5.36. The summed E-state index contributed by atoms with van der Waals surface area (Å²) in [6.07, 6.45) is -1.85. The number of alkyl halides is 3. The Labute approximate surface area is 159 Å². The van der Waals surface area contributed by atoms with Crippen molar-refractivity contribution in [3.63, 3.8) is 0 Å². The van der Waals surface area contributed by atoms with Crippen LogP contribution in [0.1, 0.15) is 18.1 Å². The summed E-state index contributed by atoms with van der Waals surface area (Å²) in [6, 6.07) is 7.80. The summed E-state index contributed by atoms with van der Waals surface area (Å²) in [5.74, 6) is 0.446. The van der Waals surface area contributed by atoms with Crippen molar-refractivity contribution in [2.24, 2.45) is 0 Å². The normalized spacial score (nSPS) is 11.5. The fourth-order valence-corrected chi connectivity index (χ4v) is 2.37. The summed E-state index contributed by atoms with van der Waals surface area (Å²) >= 11 is 5.86. The van der Waals surface area contributed by atoms with Crippen molar-refractivity contribution < 1.29 is 27.4 Å². The molecule has 144 valence electrons. The third kappa shape index (κ3) is 5.65. The van der Waals surface area contributed by atoms with Crippen molar-refractivity contribution in [1.29, 1.82) is 0 Å². The molecule has 0 aliphatic rings. The van der Waals surface area contributed by atoms with E-state index in [1.807, 2.05) is 6.92 Å². The quantitative estimate of drug-likeness (QED) is 0.660. The van der Waals surface area contributed by atoms with E-state index in [2.05, 4.69) is 5.32 Å². The van der Waals surface area contributed by atoms with Crippen LogP contribution in [0.15, 0.2) is 42.5 Å². The molecule has 0 saturated carbocycles. The Kier molecular flexibility index (Phi) is 6.74. The lowest BCUT2D eigenvalue weighted by molar-refractivity contribution is -0.137. The van der Waals surface area contributed by atoms with E-state index < -0.39 is 17.6 Å². The van der Waals surface area contributed by atoms with Crippen LogP contribution in [0.5, 0.6) is 11.5 Å². The Balaban J connectivity index is 2.14. The number of nitrogens with one attached hydrogen (secondary N) is 1. The van der Waals surface area contributed by atoms with Crippen molar-refractivity contribution >= 4 is 29.3 Å². The van der Waals surface area contributed by atoms with Crippen molar-refractivity contribution in [2.75, 3.05) is 19.0 Å². The first-order valence-electron chi connectivity index (χ1n) is 7.91. The maximum absolute atomic E-state index is 12.8. The minimum Gasteiger partial charge on any atom is -0.493 e. The molecule has 0 atom stereocenters. The van der Waals surface area contributed by atoms with Gasteiger partial charge in [0, 0.05) is 6.08 Å². The molecular formula is C19H17ClF3NO3. The molecule has 0 fully saturated rings. The molecule has 1 amide bonds. The molecule has 2 aromatic carbocycles. The summed E-state index contributed by atoms with van der Waals surface area (Å²) in [5.41, 5.74) is -0.367. The molecule has 8 heteroatoms. The molecule has 2 rings (SSSR count). The smallest absolute Gasteiger partial charge is 0.416 e. The van der Waals surface area contributed by atoms with Gasteiger partial charge in [0.05, 0.1) is 30.0 Å². The fourth-order valence-electron chi connectivity index (χ4n) is 2.21. The van der Waals surface area contributed by atoms with Crippen LogP contribution in [-0.4, -0.2) is 19.6 Å². The lowest BCUT2D eigenvalue weighted by Crippen LogP contribution is -2.11. The van der Waals surface area contributed by atoms with E-state index in [9.17, 15) is 18.0 Å². The van der Waals surface area contributed by atoms with Crippen LogP contribution in [0, 0.1) is 0 Å². The standard InChI is InChI=1S/C19H17ClF3NO3/c1-3-27-16-8-4-12(10-17(16)26-2)5-9-18(25)24-15-11-13(19(21,22)23)6-7-14(15)20/h4-11H,3H2,1-2H3,(H,24,25)/b9-5+. The molecule has 0 saturated heterocycles. The van der Waals surface area contributed by atoms with E-state index in [4.69, 9.17) is 21.1 Å². The molecule has 0 aliphatic heterocycles.